The molecule has 19 heavy (non-hydrogen) atoms. The fraction of sp³-hybridized carbons (Fsp3) is 0.600. The monoisotopic (exact) mass is 263 g/mol. The van der Waals surface area contributed by atoms with E-state index in [1.54, 1.807) is 18.2 Å². The lowest BCUT2D eigenvalue weighted by Crippen LogP contribution is -2.44. The Morgan fingerprint density at radius 3 is 2.68 bits per heavy atom. The second-order valence-electron chi connectivity index (χ2n) is 5.67. The van der Waals surface area contributed by atoms with E-state index in [0.29, 0.717) is 12.1 Å². The van der Waals surface area contributed by atoms with Crippen molar-refractivity contribution in [2.75, 3.05) is 18.8 Å². The summed E-state index contributed by atoms with van der Waals surface area (Å²) in [5.41, 5.74) is 7.63. The van der Waals surface area contributed by atoms with Gasteiger partial charge in [-0.2, -0.15) is 0 Å². The second-order valence-corrected chi connectivity index (χ2v) is 5.67. The highest BCUT2D eigenvalue weighted by Crippen LogP contribution is 2.19. The minimum absolute atomic E-state index is 0.278. The molecule has 0 aliphatic carbocycles. The van der Waals surface area contributed by atoms with Gasteiger partial charge in [-0.3, -0.25) is 0 Å². The van der Waals surface area contributed by atoms with E-state index in [1.807, 2.05) is 0 Å². The van der Waals surface area contributed by atoms with E-state index in [1.165, 1.54) is 12.8 Å². The Morgan fingerprint density at radius 1 is 1.37 bits per heavy atom. The van der Waals surface area contributed by atoms with Crippen LogP contribution < -0.4 is 11.1 Å². The van der Waals surface area contributed by atoms with E-state index in [-0.39, 0.29) is 5.75 Å². The third kappa shape index (κ3) is 3.85. The molecule has 0 saturated carbocycles. The standard InChI is InChI=1S/C15H25N3O/c1-11(2)18-7-5-13(6-8-18)17-10-12-9-14(19)3-4-15(12)16/h3-4,9,11,13,17,19H,5-8,10,16H2,1-2H3. The summed E-state index contributed by atoms with van der Waals surface area (Å²) < 4.78 is 0. The van der Waals surface area contributed by atoms with Gasteiger partial charge < -0.3 is 21.1 Å². The summed E-state index contributed by atoms with van der Waals surface area (Å²) >= 11 is 0. The van der Waals surface area contributed by atoms with Gasteiger partial charge in [0, 0.05) is 24.3 Å². The summed E-state index contributed by atoms with van der Waals surface area (Å²) in [5.74, 6) is 0.278. The lowest BCUT2D eigenvalue weighted by Gasteiger charge is -2.35. The largest absolute Gasteiger partial charge is 0.508 e. The number of benzene rings is 1. The first-order valence-electron chi connectivity index (χ1n) is 7.11. The number of nitrogen functional groups attached to an aromatic ring is 1. The highest BCUT2D eigenvalue weighted by molar-refractivity contribution is 5.50. The molecular weight excluding hydrogens is 238 g/mol. The fourth-order valence-corrected chi connectivity index (χ4v) is 2.62. The van der Waals surface area contributed by atoms with Gasteiger partial charge in [-0.25, -0.2) is 0 Å². The Hall–Kier alpha value is -1.26. The number of phenolic OH excluding ortho intramolecular Hbond substituents is 1. The predicted octanol–water partition coefficient (Wildman–Crippen LogP) is 1.94. The average molecular weight is 263 g/mol. The molecule has 1 aromatic rings. The van der Waals surface area contributed by atoms with E-state index >= 15 is 0 Å². The zero-order chi connectivity index (χ0) is 13.8. The van der Waals surface area contributed by atoms with Crippen LogP contribution in [0.25, 0.3) is 0 Å². The fourth-order valence-electron chi connectivity index (χ4n) is 2.62. The molecule has 0 spiro atoms. The van der Waals surface area contributed by atoms with E-state index < -0.39 is 0 Å². The first kappa shape index (κ1) is 14.2. The van der Waals surface area contributed by atoms with Crippen LogP contribution in [0.1, 0.15) is 32.3 Å². The van der Waals surface area contributed by atoms with Crippen LogP contribution in [-0.4, -0.2) is 35.2 Å². The van der Waals surface area contributed by atoms with Crippen LogP contribution in [-0.2, 0) is 6.54 Å². The smallest absolute Gasteiger partial charge is 0.116 e. The Balaban J connectivity index is 1.82. The highest BCUT2D eigenvalue weighted by Gasteiger charge is 2.20. The molecule has 0 amide bonds. The Labute approximate surface area is 115 Å². The summed E-state index contributed by atoms with van der Waals surface area (Å²) in [6.07, 6.45) is 2.35. The lowest BCUT2D eigenvalue weighted by molar-refractivity contribution is 0.161. The maximum Gasteiger partial charge on any atom is 0.116 e. The number of nitrogens with zero attached hydrogens (tertiary/aromatic N) is 1. The molecular formula is C15H25N3O. The summed E-state index contributed by atoms with van der Waals surface area (Å²) in [5, 5.41) is 13.0. The van der Waals surface area contributed by atoms with E-state index in [0.717, 1.165) is 30.9 Å². The van der Waals surface area contributed by atoms with Crippen LogP contribution in [0, 0.1) is 0 Å². The molecule has 0 aromatic heterocycles. The van der Waals surface area contributed by atoms with E-state index in [9.17, 15) is 5.11 Å². The molecule has 4 heteroatoms. The topological polar surface area (TPSA) is 61.5 Å². The number of phenols is 1. The van der Waals surface area contributed by atoms with Gasteiger partial charge in [-0.1, -0.05) is 0 Å². The lowest BCUT2D eigenvalue weighted by atomic mass is 10.0. The summed E-state index contributed by atoms with van der Waals surface area (Å²) in [6.45, 7) is 7.55. The molecule has 0 unspecified atom stereocenters. The first-order valence-corrected chi connectivity index (χ1v) is 7.11. The predicted molar refractivity (Wildman–Crippen MR) is 79.1 cm³/mol. The van der Waals surface area contributed by atoms with E-state index in [2.05, 4.69) is 24.1 Å². The number of hydrogen-bond acceptors (Lipinski definition) is 4. The maximum atomic E-state index is 9.48. The number of anilines is 1. The van der Waals surface area contributed by atoms with Crippen LogP contribution in [0.4, 0.5) is 5.69 Å². The van der Waals surface area contributed by atoms with Gasteiger partial charge >= 0.3 is 0 Å². The van der Waals surface area contributed by atoms with Gasteiger partial charge in [0.2, 0.25) is 0 Å². The molecule has 1 saturated heterocycles. The number of aromatic hydroxyl groups is 1. The van der Waals surface area contributed by atoms with Crippen molar-refractivity contribution in [3.05, 3.63) is 23.8 Å². The van der Waals surface area contributed by atoms with Gasteiger partial charge in [0.25, 0.3) is 0 Å². The Morgan fingerprint density at radius 2 is 2.05 bits per heavy atom. The van der Waals surface area contributed by atoms with Crippen molar-refractivity contribution in [1.29, 1.82) is 0 Å². The number of nitrogens with two attached hydrogens (primary N) is 1. The number of piperidine rings is 1. The Bertz CT molecular complexity index is 412. The highest BCUT2D eigenvalue weighted by atomic mass is 16.3. The van der Waals surface area contributed by atoms with Crippen LogP contribution in [0.2, 0.25) is 0 Å². The van der Waals surface area contributed by atoms with Crippen molar-refractivity contribution in [2.45, 2.75) is 45.3 Å². The zero-order valence-electron chi connectivity index (χ0n) is 11.9. The quantitative estimate of drug-likeness (QED) is 0.574. The van der Waals surface area contributed by atoms with Gasteiger partial charge in [0.1, 0.15) is 5.75 Å². The number of likely N-dealkylation sites (tertiary alicyclic amines) is 1. The zero-order valence-corrected chi connectivity index (χ0v) is 11.9. The molecule has 0 atom stereocenters. The third-order valence-electron chi connectivity index (χ3n) is 3.97. The van der Waals surface area contributed by atoms with Gasteiger partial charge in [-0.05, 0) is 63.5 Å². The molecule has 0 bridgehead atoms. The minimum atomic E-state index is 0.278. The molecule has 1 aromatic carbocycles. The number of hydrogen-bond donors (Lipinski definition) is 3. The van der Waals surface area contributed by atoms with Crippen LogP contribution >= 0.6 is 0 Å². The molecule has 4 N–H and O–H groups in total. The molecule has 4 nitrogen and oxygen atoms in total. The van der Waals surface area contributed by atoms with Crippen molar-refractivity contribution in [3.8, 4) is 5.75 Å². The van der Waals surface area contributed by atoms with Crippen molar-refractivity contribution in [3.63, 3.8) is 0 Å². The molecule has 1 aliphatic heterocycles. The van der Waals surface area contributed by atoms with Crippen molar-refractivity contribution in [1.82, 2.24) is 10.2 Å². The van der Waals surface area contributed by atoms with Gasteiger partial charge in [0.15, 0.2) is 0 Å². The molecule has 1 aliphatic rings. The minimum Gasteiger partial charge on any atom is -0.508 e. The summed E-state index contributed by atoms with van der Waals surface area (Å²) in [6, 6.07) is 6.32. The SMILES string of the molecule is CC(C)N1CCC(NCc2cc(O)ccc2N)CC1. The van der Waals surface area contributed by atoms with Crippen molar-refractivity contribution >= 4 is 5.69 Å². The normalized spacial score (nSPS) is 18.1. The second kappa shape index (κ2) is 6.26. The van der Waals surface area contributed by atoms with Gasteiger partial charge in [0.05, 0.1) is 0 Å². The summed E-state index contributed by atoms with van der Waals surface area (Å²) in [7, 11) is 0. The van der Waals surface area contributed by atoms with Crippen molar-refractivity contribution < 1.29 is 5.11 Å². The maximum absolute atomic E-state index is 9.48. The Kier molecular flexibility index (Phi) is 4.66. The first-order chi connectivity index (χ1) is 9.06. The molecule has 1 fully saturated rings. The number of rotatable bonds is 4. The average Bonchev–Trinajstić information content (AvgIpc) is 2.40. The third-order valence-corrected chi connectivity index (χ3v) is 3.97. The van der Waals surface area contributed by atoms with Crippen molar-refractivity contribution in [2.24, 2.45) is 0 Å². The molecule has 106 valence electrons. The molecule has 0 radical (unpaired) electrons. The molecule has 2 rings (SSSR count). The van der Waals surface area contributed by atoms with Crippen LogP contribution in [0.15, 0.2) is 18.2 Å². The van der Waals surface area contributed by atoms with Crippen LogP contribution in [0.3, 0.4) is 0 Å². The van der Waals surface area contributed by atoms with Gasteiger partial charge in [-0.15, -0.1) is 0 Å². The van der Waals surface area contributed by atoms with E-state index in [4.69, 9.17) is 5.73 Å². The van der Waals surface area contributed by atoms with Crippen LogP contribution in [0.5, 0.6) is 5.75 Å². The number of nitrogens with one attached hydrogen (secondary N) is 1. The summed E-state index contributed by atoms with van der Waals surface area (Å²) in [4.78, 5) is 2.51. The molecule has 1 heterocycles.